The van der Waals surface area contributed by atoms with Gasteiger partial charge in [0, 0.05) is 32.3 Å². The number of hydrazine groups is 1. The van der Waals surface area contributed by atoms with Crippen molar-refractivity contribution in [2.24, 2.45) is 12.9 Å². The second-order valence-electron chi connectivity index (χ2n) is 3.37. The number of amides is 1. The van der Waals surface area contributed by atoms with Gasteiger partial charge in [0.05, 0.1) is 0 Å². The maximum Gasteiger partial charge on any atom is 0.330 e. The summed E-state index contributed by atoms with van der Waals surface area (Å²) >= 11 is 0. The van der Waals surface area contributed by atoms with E-state index in [4.69, 9.17) is 5.84 Å². The van der Waals surface area contributed by atoms with Crippen LogP contribution in [-0.4, -0.2) is 15.0 Å². The maximum atomic E-state index is 11.5. The summed E-state index contributed by atoms with van der Waals surface area (Å²) in [5.41, 5.74) is 1.23. The van der Waals surface area contributed by atoms with Crippen molar-refractivity contribution in [1.82, 2.24) is 14.6 Å². The molecule has 0 aromatic carbocycles. The lowest BCUT2D eigenvalue weighted by molar-refractivity contribution is -0.121. The molecule has 16 heavy (non-hydrogen) atoms. The molecule has 1 heterocycles. The van der Waals surface area contributed by atoms with Crippen LogP contribution in [0, 0.1) is 0 Å². The molecule has 7 nitrogen and oxygen atoms in total. The van der Waals surface area contributed by atoms with E-state index in [2.05, 4.69) is 0 Å². The quantitative estimate of drug-likeness (QED) is 0.364. The molecule has 1 rings (SSSR count). The molecule has 7 heteroatoms. The van der Waals surface area contributed by atoms with Crippen LogP contribution in [0.25, 0.3) is 0 Å². The second-order valence-corrected chi connectivity index (χ2v) is 3.37. The summed E-state index contributed by atoms with van der Waals surface area (Å²) in [6.07, 6.45) is 1.98. The van der Waals surface area contributed by atoms with Gasteiger partial charge in [-0.15, -0.1) is 0 Å². The summed E-state index contributed by atoms with van der Waals surface area (Å²) in [5, 5.41) is 0. The van der Waals surface area contributed by atoms with Crippen LogP contribution in [0.5, 0.6) is 0 Å². The number of carbonyl (C=O) groups excluding carboxylic acids is 1. The molecular formula is C9H14N4O3. The first-order chi connectivity index (χ1) is 7.56. The third-order valence-corrected chi connectivity index (χ3v) is 2.19. The number of rotatable bonds is 4. The molecular weight excluding hydrogens is 212 g/mol. The Morgan fingerprint density at radius 3 is 2.81 bits per heavy atom. The summed E-state index contributed by atoms with van der Waals surface area (Å²) in [7, 11) is 1.56. The van der Waals surface area contributed by atoms with Crippen molar-refractivity contribution >= 4 is 5.91 Å². The average Bonchev–Trinajstić information content (AvgIpc) is 2.28. The minimum Gasteiger partial charge on any atom is -0.303 e. The first-order valence-electron chi connectivity index (χ1n) is 4.82. The molecule has 1 aromatic rings. The molecule has 0 aliphatic heterocycles. The van der Waals surface area contributed by atoms with E-state index in [9.17, 15) is 14.4 Å². The summed E-state index contributed by atoms with van der Waals surface area (Å²) in [5.74, 6) is 4.58. The zero-order valence-corrected chi connectivity index (χ0v) is 8.97. The third kappa shape index (κ3) is 2.80. The Balaban J connectivity index is 2.75. The highest BCUT2D eigenvalue weighted by atomic mass is 16.2. The Kier molecular flexibility index (Phi) is 4.01. The smallest absolute Gasteiger partial charge is 0.303 e. The van der Waals surface area contributed by atoms with Crippen LogP contribution in [0.3, 0.4) is 0 Å². The summed E-state index contributed by atoms with van der Waals surface area (Å²) < 4.78 is 2.40. The second kappa shape index (κ2) is 5.26. The Morgan fingerprint density at radius 2 is 2.19 bits per heavy atom. The fourth-order valence-corrected chi connectivity index (χ4v) is 1.29. The molecule has 0 bridgehead atoms. The zero-order valence-electron chi connectivity index (χ0n) is 8.97. The molecule has 0 saturated heterocycles. The highest BCUT2D eigenvalue weighted by molar-refractivity contribution is 5.74. The van der Waals surface area contributed by atoms with E-state index in [1.807, 2.05) is 5.43 Å². The van der Waals surface area contributed by atoms with Crippen LogP contribution in [0.2, 0.25) is 0 Å². The first-order valence-corrected chi connectivity index (χ1v) is 4.82. The highest BCUT2D eigenvalue weighted by Crippen LogP contribution is 1.89. The molecule has 1 aromatic heterocycles. The lowest BCUT2D eigenvalue weighted by Crippen LogP contribution is -2.38. The average molecular weight is 226 g/mol. The van der Waals surface area contributed by atoms with Gasteiger partial charge in [0.1, 0.15) is 0 Å². The van der Waals surface area contributed by atoms with Crippen molar-refractivity contribution in [3.05, 3.63) is 33.1 Å². The largest absolute Gasteiger partial charge is 0.330 e. The van der Waals surface area contributed by atoms with Gasteiger partial charge in [-0.2, -0.15) is 0 Å². The van der Waals surface area contributed by atoms with E-state index >= 15 is 0 Å². The van der Waals surface area contributed by atoms with Gasteiger partial charge in [0.25, 0.3) is 5.56 Å². The van der Waals surface area contributed by atoms with E-state index < -0.39 is 0 Å². The molecule has 0 unspecified atom stereocenters. The van der Waals surface area contributed by atoms with Crippen molar-refractivity contribution in [2.45, 2.75) is 19.4 Å². The van der Waals surface area contributed by atoms with Crippen LogP contribution in [0.4, 0.5) is 0 Å². The SMILES string of the molecule is Cn1ccc(=O)n(CCCC(=O)NN)c1=O. The number of nitrogens with zero attached hydrogens (tertiary/aromatic N) is 2. The minimum absolute atomic E-state index is 0.182. The van der Waals surface area contributed by atoms with Crippen LogP contribution >= 0.6 is 0 Å². The number of nitrogens with one attached hydrogen (secondary N) is 1. The standard InChI is InChI=1S/C9H14N4O3/c1-12-6-4-8(15)13(9(12)16)5-2-3-7(14)11-10/h4,6H,2-3,5,10H2,1H3,(H,11,14). The topological polar surface area (TPSA) is 99.1 Å². The van der Waals surface area contributed by atoms with E-state index in [0.717, 1.165) is 4.57 Å². The van der Waals surface area contributed by atoms with Crippen LogP contribution < -0.4 is 22.5 Å². The number of nitrogens with two attached hydrogens (primary N) is 1. The maximum absolute atomic E-state index is 11.5. The lowest BCUT2D eigenvalue weighted by atomic mass is 10.3. The fourth-order valence-electron chi connectivity index (χ4n) is 1.29. The lowest BCUT2D eigenvalue weighted by Gasteiger charge is -2.05. The molecule has 0 spiro atoms. The number of aromatic nitrogens is 2. The van der Waals surface area contributed by atoms with Gasteiger partial charge < -0.3 is 4.57 Å². The molecule has 0 fully saturated rings. The summed E-state index contributed by atoms with van der Waals surface area (Å²) in [6.45, 7) is 0.208. The number of aryl methyl sites for hydroxylation is 1. The Labute approximate surface area is 91.5 Å². The number of hydrogen-bond acceptors (Lipinski definition) is 4. The predicted molar refractivity (Wildman–Crippen MR) is 57.5 cm³/mol. The predicted octanol–water partition coefficient (Wildman–Crippen LogP) is -1.68. The summed E-state index contributed by atoms with van der Waals surface area (Å²) in [6, 6.07) is 1.31. The van der Waals surface area contributed by atoms with Gasteiger partial charge in [-0.3, -0.25) is 19.6 Å². The first kappa shape index (κ1) is 12.2. The van der Waals surface area contributed by atoms with Crippen molar-refractivity contribution in [1.29, 1.82) is 0 Å². The number of carbonyl (C=O) groups is 1. The third-order valence-electron chi connectivity index (χ3n) is 2.19. The fraction of sp³-hybridized carbons (Fsp3) is 0.444. The normalized spacial score (nSPS) is 10.1. The zero-order chi connectivity index (χ0) is 12.1. The highest BCUT2D eigenvalue weighted by Gasteiger charge is 2.04. The van der Waals surface area contributed by atoms with Crippen molar-refractivity contribution in [3.63, 3.8) is 0 Å². The molecule has 0 radical (unpaired) electrons. The molecule has 0 saturated carbocycles. The summed E-state index contributed by atoms with van der Waals surface area (Å²) in [4.78, 5) is 33.7. The van der Waals surface area contributed by atoms with Gasteiger partial charge >= 0.3 is 5.69 Å². The van der Waals surface area contributed by atoms with Gasteiger partial charge in [0.15, 0.2) is 0 Å². The van der Waals surface area contributed by atoms with Crippen LogP contribution in [-0.2, 0) is 18.4 Å². The van der Waals surface area contributed by atoms with Crippen molar-refractivity contribution < 1.29 is 4.79 Å². The number of hydrogen-bond donors (Lipinski definition) is 2. The Morgan fingerprint density at radius 1 is 1.50 bits per heavy atom. The molecule has 0 atom stereocenters. The minimum atomic E-state index is -0.388. The molecule has 88 valence electrons. The van der Waals surface area contributed by atoms with E-state index in [1.54, 1.807) is 7.05 Å². The van der Waals surface area contributed by atoms with E-state index in [0.29, 0.717) is 6.42 Å². The Hall–Kier alpha value is -1.89. The van der Waals surface area contributed by atoms with Gasteiger partial charge in [0.2, 0.25) is 5.91 Å². The van der Waals surface area contributed by atoms with E-state index in [1.165, 1.54) is 16.8 Å². The van der Waals surface area contributed by atoms with Gasteiger partial charge in [-0.25, -0.2) is 10.6 Å². The molecule has 1 amide bonds. The Bertz CT molecular complexity index is 488. The van der Waals surface area contributed by atoms with Gasteiger partial charge in [-0.05, 0) is 6.42 Å². The van der Waals surface area contributed by atoms with Crippen molar-refractivity contribution in [2.75, 3.05) is 0 Å². The van der Waals surface area contributed by atoms with Crippen LogP contribution in [0.15, 0.2) is 21.9 Å². The van der Waals surface area contributed by atoms with E-state index in [-0.39, 0.29) is 30.1 Å². The molecule has 0 aliphatic carbocycles. The monoisotopic (exact) mass is 226 g/mol. The van der Waals surface area contributed by atoms with Crippen molar-refractivity contribution in [3.8, 4) is 0 Å². The van der Waals surface area contributed by atoms with Gasteiger partial charge in [-0.1, -0.05) is 0 Å². The molecule has 3 N–H and O–H groups in total. The van der Waals surface area contributed by atoms with Crippen LogP contribution in [0.1, 0.15) is 12.8 Å². The molecule has 0 aliphatic rings.